The number of anilines is 1. The van der Waals surface area contributed by atoms with Crippen LogP contribution >= 0.6 is 0 Å². The van der Waals surface area contributed by atoms with Gasteiger partial charge >= 0.3 is 0 Å². The Labute approximate surface area is 105 Å². The molecule has 0 radical (unpaired) electrons. The average Bonchev–Trinajstić information content (AvgIpc) is 2.38. The summed E-state index contributed by atoms with van der Waals surface area (Å²) in [7, 11) is -2.88. The zero-order valence-electron chi connectivity index (χ0n) is 9.65. The van der Waals surface area contributed by atoms with Crippen LogP contribution in [0.4, 0.5) is 5.69 Å². The van der Waals surface area contributed by atoms with E-state index in [4.69, 9.17) is 10.9 Å². The van der Waals surface area contributed by atoms with Crippen LogP contribution in [0.3, 0.4) is 0 Å². The summed E-state index contributed by atoms with van der Waals surface area (Å²) in [6.45, 7) is 0.930. The third-order valence-corrected chi connectivity index (χ3v) is 4.44. The predicted octanol–water partition coefficient (Wildman–Crippen LogP) is -0.589. The van der Waals surface area contributed by atoms with Gasteiger partial charge in [0, 0.05) is 13.1 Å². The molecule has 0 spiro atoms. The lowest BCUT2D eigenvalue weighted by atomic mass is 10.3. The van der Waals surface area contributed by atoms with Gasteiger partial charge < -0.3 is 15.8 Å². The van der Waals surface area contributed by atoms with Gasteiger partial charge in [-0.25, -0.2) is 8.42 Å². The SMILES string of the molecule is N/C(=N/O)c1ccc(N2CCS(=O)(=O)CC2)cn1. The fraction of sp³-hybridized carbons (Fsp3) is 0.400. The Morgan fingerprint density at radius 2 is 2.06 bits per heavy atom. The molecule has 3 N–H and O–H groups in total. The van der Waals surface area contributed by atoms with E-state index in [9.17, 15) is 8.42 Å². The van der Waals surface area contributed by atoms with Crippen LogP contribution in [0.2, 0.25) is 0 Å². The van der Waals surface area contributed by atoms with Crippen LogP contribution in [-0.2, 0) is 9.84 Å². The highest BCUT2D eigenvalue weighted by Gasteiger charge is 2.21. The minimum Gasteiger partial charge on any atom is -0.409 e. The lowest BCUT2D eigenvalue weighted by molar-refractivity contribution is 0.318. The molecule has 18 heavy (non-hydrogen) atoms. The van der Waals surface area contributed by atoms with E-state index in [1.165, 1.54) is 0 Å². The summed E-state index contributed by atoms with van der Waals surface area (Å²) in [4.78, 5) is 6.00. The molecule has 1 aliphatic rings. The van der Waals surface area contributed by atoms with Crippen LogP contribution in [0.15, 0.2) is 23.5 Å². The van der Waals surface area contributed by atoms with E-state index >= 15 is 0 Å². The van der Waals surface area contributed by atoms with Gasteiger partial charge in [-0.2, -0.15) is 0 Å². The molecular weight excluding hydrogens is 256 g/mol. The molecule has 0 aromatic carbocycles. The van der Waals surface area contributed by atoms with Gasteiger partial charge in [-0.1, -0.05) is 5.16 Å². The lowest BCUT2D eigenvalue weighted by Gasteiger charge is -2.28. The zero-order valence-corrected chi connectivity index (χ0v) is 10.5. The summed E-state index contributed by atoms with van der Waals surface area (Å²) in [5.74, 6) is 0.270. The van der Waals surface area contributed by atoms with Gasteiger partial charge in [0.05, 0.1) is 23.4 Å². The average molecular weight is 270 g/mol. The molecule has 2 heterocycles. The molecule has 1 saturated heterocycles. The molecule has 8 heteroatoms. The van der Waals surface area contributed by atoms with Crippen LogP contribution in [0, 0.1) is 0 Å². The first-order valence-corrected chi connectivity index (χ1v) is 7.23. The Balaban J connectivity index is 2.11. The van der Waals surface area contributed by atoms with Crippen molar-refractivity contribution in [2.75, 3.05) is 29.5 Å². The predicted molar refractivity (Wildman–Crippen MR) is 67.6 cm³/mol. The summed E-state index contributed by atoms with van der Waals surface area (Å²) in [5, 5.41) is 11.4. The van der Waals surface area contributed by atoms with Crippen LogP contribution in [0.25, 0.3) is 0 Å². The molecular formula is C10H14N4O3S. The summed E-state index contributed by atoms with van der Waals surface area (Å²) in [6, 6.07) is 3.41. The summed E-state index contributed by atoms with van der Waals surface area (Å²) < 4.78 is 22.6. The van der Waals surface area contributed by atoms with Crippen molar-refractivity contribution in [3.8, 4) is 0 Å². The molecule has 1 aromatic rings. The summed E-state index contributed by atoms with van der Waals surface area (Å²) in [6.07, 6.45) is 1.59. The number of amidine groups is 1. The summed E-state index contributed by atoms with van der Waals surface area (Å²) in [5.41, 5.74) is 6.62. The first-order chi connectivity index (χ1) is 8.52. The number of rotatable bonds is 2. The van der Waals surface area contributed by atoms with Gasteiger partial charge in [0.1, 0.15) is 5.69 Å². The molecule has 0 atom stereocenters. The van der Waals surface area contributed by atoms with Crippen LogP contribution in [-0.4, -0.2) is 49.0 Å². The molecule has 98 valence electrons. The van der Waals surface area contributed by atoms with E-state index < -0.39 is 9.84 Å². The van der Waals surface area contributed by atoms with Gasteiger partial charge in [0.25, 0.3) is 0 Å². The van der Waals surface area contributed by atoms with Crippen molar-refractivity contribution in [2.24, 2.45) is 10.9 Å². The molecule has 0 amide bonds. The Morgan fingerprint density at radius 3 is 2.56 bits per heavy atom. The van der Waals surface area contributed by atoms with Crippen molar-refractivity contribution in [3.63, 3.8) is 0 Å². The van der Waals surface area contributed by atoms with Crippen LogP contribution in [0.5, 0.6) is 0 Å². The number of nitrogens with two attached hydrogens (primary N) is 1. The molecule has 0 saturated carbocycles. The largest absolute Gasteiger partial charge is 0.409 e. The molecule has 0 bridgehead atoms. The maximum Gasteiger partial charge on any atom is 0.188 e. The van der Waals surface area contributed by atoms with Crippen molar-refractivity contribution >= 4 is 21.4 Å². The zero-order chi connectivity index (χ0) is 13.2. The van der Waals surface area contributed by atoms with Gasteiger partial charge in [-0.15, -0.1) is 0 Å². The van der Waals surface area contributed by atoms with Crippen molar-refractivity contribution in [3.05, 3.63) is 24.0 Å². The van der Waals surface area contributed by atoms with E-state index in [1.807, 2.05) is 4.90 Å². The molecule has 1 fully saturated rings. The molecule has 0 unspecified atom stereocenters. The second-order valence-corrected chi connectivity index (χ2v) is 6.33. The monoisotopic (exact) mass is 270 g/mol. The Bertz CT molecular complexity index is 539. The lowest BCUT2D eigenvalue weighted by Crippen LogP contribution is -2.40. The highest BCUT2D eigenvalue weighted by Crippen LogP contribution is 2.16. The molecule has 1 aromatic heterocycles. The van der Waals surface area contributed by atoms with Crippen molar-refractivity contribution in [1.82, 2.24) is 4.98 Å². The fourth-order valence-corrected chi connectivity index (χ4v) is 2.95. The van der Waals surface area contributed by atoms with Crippen molar-refractivity contribution < 1.29 is 13.6 Å². The number of hydrogen-bond donors (Lipinski definition) is 2. The van der Waals surface area contributed by atoms with Gasteiger partial charge in [-0.05, 0) is 12.1 Å². The van der Waals surface area contributed by atoms with E-state index in [0.717, 1.165) is 5.69 Å². The normalized spacial score (nSPS) is 19.8. The number of sulfone groups is 1. The third kappa shape index (κ3) is 2.70. The first-order valence-electron chi connectivity index (χ1n) is 5.41. The minimum atomic E-state index is -2.88. The number of aromatic nitrogens is 1. The van der Waals surface area contributed by atoms with E-state index in [2.05, 4.69) is 10.1 Å². The number of oxime groups is 1. The standard InChI is InChI=1S/C10H14N4O3S/c11-10(13-15)9-2-1-8(7-12-9)14-3-5-18(16,17)6-4-14/h1-2,7,15H,3-6H2,(H2,11,13). The highest BCUT2D eigenvalue weighted by atomic mass is 32.2. The van der Waals surface area contributed by atoms with Gasteiger partial charge in [-0.3, -0.25) is 4.98 Å². The smallest absolute Gasteiger partial charge is 0.188 e. The van der Waals surface area contributed by atoms with Crippen LogP contribution < -0.4 is 10.6 Å². The third-order valence-electron chi connectivity index (χ3n) is 2.83. The molecule has 2 rings (SSSR count). The number of nitrogens with zero attached hydrogens (tertiary/aromatic N) is 3. The van der Waals surface area contributed by atoms with Gasteiger partial charge in [0.15, 0.2) is 15.7 Å². The highest BCUT2D eigenvalue weighted by molar-refractivity contribution is 7.91. The summed E-state index contributed by atoms with van der Waals surface area (Å²) >= 11 is 0. The van der Waals surface area contributed by atoms with Crippen molar-refractivity contribution in [2.45, 2.75) is 0 Å². The van der Waals surface area contributed by atoms with E-state index in [0.29, 0.717) is 18.8 Å². The molecule has 7 nitrogen and oxygen atoms in total. The molecule has 1 aliphatic heterocycles. The fourth-order valence-electron chi connectivity index (χ4n) is 1.75. The molecule has 0 aliphatic carbocycles. The second kappa shape index (κ2) is 4.81. The number of pyridine rings is 1. The quantitative estimate of drug-likeness (QED) is 0.322. The van der Waals surface area contributed by atoms with Crippen molar-refractivity contribution in [1.29, 1.82) is 0 Å². The van der Waals surface area contributed by atoms with E-state index in [1.54, 1.807) is 18.3 Å². The van der Waals surface area contributed by atoms with Crippen LogP contribution in [0.1, 0.15) is 5.69 Å². The maximum atomic E-state index is 11.3. The minimum absolute atomic E-state index is 0.0530. The maximum absolute atomic E-state index is 11.3. The Morgan fingerprint density at radius 1 is 1.39 bits per heavy atom. The Kier molecular flexibility index (Phi) is 3.37. The number of hydrogen-bond acceptors (Lipinski definition) is 6. The first kappa shape index (κ1) is 12.6. The Hall–Kier alpha value is -1.83. The van der Waals surface area contributed by atoms with E-state index in [-0.39, 0.29) is 17.3 Å². The van der Waals surface area contributed by atoms with Gasteiger partial charge in [0.2, 0.25) is 0 Å². The topological polar surface area (TPSA) is 109 Å². The second-order valence-electron chi connectivity index (χ2n) is 4.03.